The molecule has 0 atom stereocenters. The van der Waals surface area contributed by atoms with Crippen molar-refractivity contribution < 1.29 is 22.5 Å². The predicted octanol–water partition coefficient (Wildman–Crippen LogP) is 3.25. The topological polar surface area (TPSA) is 55.1 Å². The minimum atomic E-state index is -4.40. The summed E-state index contributed by atoms with van der Waals surface area (Å²) in [6, 6.07) is 3.38. The largest absolute Gasteiger partial charge is 0.416 e. The van der Waals surface area contributed by atoms with Crippen LogP contribution in [-0.4, -0.2) is 11.1 Å². The van der Waals surface area contributed by atoms with E-state index in [4.69, 9.17) is 0 Å². The van der Waals surface area contributed by atoms with E-state index in [2.05, 4.69) is 15.0 Å². The molecule has 2 aromatic rings. The van der Waals surface area contributed by atoms with Gasteiger partial charge in [-0.05, 0) is 30.7 Å². The zero-order valence-corrected chi connectivity index (χ0v) is 9.78. The molecular formula is C12H9F3N2O2. The summed E-state index contributed by atoms with van der Waals surface area (Å²) in [4.78, 5) is 11.6. The van der Waals surface area contributed by atoms with Crippen LogP contribution in [0.15, 0.2) is 35.2 Å². The van der Waals surface area contributed by atoms with Crippen LogP contribution >= 0.6 is 0 Å². The number of nitrogens with zero attached hydrogens (tertiary/aromatic N) is 1. The fraction of sp³-hybridized carbons (Fsp3) is 0.167. The highest BCUT2D eigenvalue weighted by atomic mass is 19.4. The Hall–Kier alpha value is -2.31. The molecule has 0 saturated carbocycles. The molecule has 0 saturated heterocycles. The Labute approximate surface area is 106 Å². The monoisotopic (exact) mass is 270 g/mol. The number of aromatic nitrogens is 1. The third kappa shape index (κ3) is 2.93. The van der Waals surface area contributed by atoms with Crippen LogP contribution < -0.4 is 5.32 Å². The molecule has 7 heteroatoms. The van der Waals surface area contributed by atoms with Crippen molar-refractivity contribution in [2.45, 2.75) is 13.1 Å². The normalized spacial score (nSPS) is 11.4. The maximum Gasteiger partial charge on any atom is 0.416 e. The zero-order chi connectivity index (χ0) is 14.0. The summed E-state index contributed by atoms with van der Waals surface area (Å²) in [6.07, 6.45) is -2.04. The summed E-state index contributed by atoms with van der Waals surface area (Å²) in [5, 5.41) is 5.82. The molecule has 0 radical (unpaired) electrons. The smallest absolute Gasteiger partial charge is 0.364 e. The van der Waals surface area contributed by atoms with Crippen molar-refractivity contribution in [2.24, 2.45) is 0 Å². The molecule has 0 unspecified atom stereocenters. The van der Waals surface area contributed by atoms with E-state index in [9.17, 15) is 18.0 Å². The first kappa shape index (κ1) is 13.1. The van der Waals surface area contributed by atoms with Crippen molar-refractivity contribution in [2.75, 3.05) is 5.32 Å². The molecular weight excluding hydrogens is 261 g/mol. The van der Waals surface area contributed by atoms with E-state index in [0.717, 1.165) is 12.3 Å². The predicted molar refractivity (Wildman–Crippen MR) is 60.6 cm³/mol. The summed E-state index contributed by atoms with van der Waals surface area (Å²) < 4.78 is 42.2. The summed E-state index contributed by atoms with van der Waals surface area (Å²) in [5.41, 5.74) is -0.222. The quantitative estimate of drug-likeness (QED) is 0.911. The zero-order valence-electron chi connectivity index (χ0n) is 9.78. The van der Waals surface area contributed by atoms with Crippen molar-refractivity contribution in [3.63, 3.8) is 0 Å². The lowest BCUT2D eigenvalue weighted by Crippen LogP contribution is -2.12. The second-order valence-electron chi connectivity index (χ2n) is 3.89. The van der Waals surface area contributed by atoms with Gasteiger partial charge in [-0.15, -0.1) is 0 Å². The molecule has 0 bridgehead atoms. The maximum absolute atomic E-state index is 12.6. The molecule has 0 spiro atoms. The Bertz CT molecular complexity index is 592. The van der Waals surface area contributed by atoms with Crippen molar-refractivity contribution in [1.29, 1.82) is 0 Å². The van der Waals surface area contributed by atoms with E-state index in [1.807, 2.05) is 0 Å². The summed E-state index contributed by atoms with van der Waals surface area (Å²) in [5.74, 6) is -0.500. The average molecular weight is 270 g/mol. The fourth-order valence-corrected chi connectivity index (χ4v) is 1.58. The van der Waals surface area contributed by atoms with Gasteiger partial charge < -0.3 is 9.84 Å². The van der Waals surface area contributed by atoms with Crippen LogP contribution in [0.1, 0.15) is 21.5 Å². The minimum absolute atomic E-state index is 0.0376. The van der Waals surface area contributed by atoms with Crippen LogP contribution in [-0.2, 0) is 6.18 Å². The number of halogens is 3. The Morgan fingerprint density at radius 1 is 1.37 bits per heavy atom. The Balaban J connectivity index is 2.19. The number of hydrogen-bond acceptors (Lipinski definition) is 3. The van der Waals surface area contributed by atoms with Crippen molar-refractivity contribution in [3.05, 3.63) is 47.3 Å². The lowest BCUT2D eigenvalue weighted by molar-refractivity contribution is -0.138. The third-order valence-corrected chi connectivity index (χ3v) is 2.48. The SMILES string of the molecule is Cc1cc(NC(=O)c2cnoc2)ccc1C(F)(F)F. The van der Waals surface area contributed by atoms with Crippen molar-refractivity contribution >= 4 is 11.6 Å². The van der Waals surface area contributed by atoms with E-state index >= 15 is 0 Å². The van der Waals surface area contributed by atoms with Gasteiger partial charge in [0.2, 0.25) is 0 Å². The number of benzene rings is 1. The number of aryl methyl sites for hydroxylation is 1. The van der Waals surface area contributed by atoms with Gasteiger partial charge in [0.05, 0.1) is 17.3 Å². The Kier molecular flexibility index (Phi) is 3.28. The van der Waals surface area contributed by atoms with Gasteiger partial charge >= 0.3 is 6.18 Å². The van der Waals surface area contributed by atoms with Crippen LogP contribution in [0.4, 0.5) is 18.9 Å². The van der Waals surface area contributed by atoms with E-state index in [1.165, 1.54) is 25.3 Å². The van der Waals surface area contributed by atoms with Gasteiger partial charge in [-0.3, -0.25) is 4.79 Å². The molecule has 1 aromatic carbocycles. The second-order valence-corrected chi connectivity index (χ2v) is 3.89. The van der Waals surface area contributed by atoms with Crippen LogP contribution in [0, 0.1) is 6.92 Å². The summed E-state index contributed by atoms with van der Waals surface area (Å²) in [6.45, 7) is 1.33. The van der Waals surface area contributed by atoms with E-state index in [1.54, 1.807) is 0 Å². The lowest BCUT2D eigenvalue weighted by atomic mass is 10.1. The third-order valence-electron chi connectivity index (χ3n) is 2.48. The van der Waals surface area contributed by atoms with Gasteiger partial charge in [-0.1, -0.05) is 5.16 Å². The minimum Gasteiger partial charge on any atom is -0.364 e. The number of carbonyl (C=O) groups is 1. The number of nitrogens with one attached hydrogen (secondary N) is 1. The lowest BCUT2D eigenvalue weighted by Gasteiger charge is -2.11. The molecule has 4 nitrogen and oxygen atoms in total. The first-order valence-corrected chi connectivity index (χ1v) is 5.26. The highest BCUT2D eigenvalue weighted by Crippen LogP contribution is 2.32. The molecule has 0 aliphatic heterocycles. The standard InChI is InChI=1S/C12H9F3N2O2/c1-7-4-9(2-3-10(7)12(13,14)15)17-11(18)8-5-16-19-6-8/h2-6H,1H3,(H,17,18). The van der Waals surface area contributed by atoms with Gasteiger partial charge in [0.1, 0.15) is 6.26 Å². The highest BCUT2D eigenvalue weighted by molar-refractivity contribution is 6.03. The van der Waals surface area contributed by atoms with Crippen LogP contribution in [0.2, 0.25) is 0 Å². The van der Waals surface area contributed by atoms with Gasteiger partial charge in [0, 0.05) is 5.69 Å². The maximum atomic E-state index is 12.6. The average Bonchev–Trinajstić information content (AvgIpc) is 2.80. The van der Waals surface area contributed by atoms with Gasteiger partial charge in [-0.2, -0.15) is 13.2 Å². The molecule has 100 valence electrons. The summed E-state index contributed by atoms with van der Waals surface area (Å²) >= 11 is 0. The van der Waals surface area contributed by atoms with E-state index < -0.39 is 17.6 Å². The summed E-state index contributed by atoms with van der Waals surface area (Å²) in [7, 11) is 0. The second kappa shape index (κ2) is 4.75. The van der Waals surface area contributed by atoms with Crippen LogP contribution in [0.3, 0.4) is 0 Å². The Morgan fingerprint density at radius 3 is 2.63 bits per heavy atom. The molecule has 2 rings (SSSR count). The number of carbonyl (C=O) groups excluding carboxylic acids is 1. The van der Waals surface area contributed by atoms with Crippen LogP contribution in [0.5, 0.6) is 0 Å². The fourth-order valence-electron chi connectivity index (χ4n) is 1.58. The van der Waals surface area contributed by atoms with Crippen molar-refractivity contribution in [3.8, 4) is 0 Å². The van der Waals surface area contributed by atoms with Gasteiger partial charge in [-0.25, -0.2) is 0 Å². The molecule has 19 heavy (non-hydrogen) atoms. The number of anilines is 1. The highest BCUT2D eigenvalue weighted by Gasteiger charge is 2.32. The molecule has 0 aliphatic carbocycles. The Morgan fingerprint density at radius 2 is 2.11 bits per heavy atom. The number of hydrogen-bond donors (Lipinski definition) is 1. The first-order valence-electron chi connectivity index (χ1n) is 5.26. The molecule has 1 heterocycles. The molecule has 0 fully saturated rings. The van der Waals surface area contributed by atoms with Crippen molar-refractivity contribution in [1.82, 2.24) is 5.16 Å². The number of amides is 1. The molecule has 1 amide bonds. The first-order chi connectivity index (χ1) is 8.88. The van der Waals surface area contributed by atoms with E-state index in [0.29, 0.717) is 0 Å². The van der Waals surface area contributed by atoms with Crippen LogP contribution in [0.25, 0.3) is 0 Å². The molecule has 0 aliphatic rings. The molecule has 1 N–H and O–H groups in total. The van der Waals surface area contributed by atoms with Gasteiger partial charge in [0.15, 0.2) is 0 Å². The number of alkyl halides is 3. The van der Waals surface area contributed by atoms with E-state index in [-0.39, 0.29) is 16.8 Å². The molecule has 1 aromatic heterocycles. The van der Waals surface area contributed by atoms with Gasteiger partial charge in [0.25, 0.3) is 5.91 Å². The number of rotatable bonds is 2.